The Morgan fingerprint density at radius 1 is 0.440 bits per heavy atom. The Kier molecular flexibility index (Phi) is 16.0. The Morgan fingerprint density at radius 2 is 0.707 bits per heavy atom. The molecule has 6 nitrogen and oxygen atoms in total. The summed E-state index contributed by atoms with van der Waals surface area (Å²) in [6.07, 6.45) is -50.0. The van der Waals surface area contributed by atoms with Gasteiger partial charge in [-0.15, -0.1) is 0 Å². The molecule has 6 aromatic rings. The summed E-state index contributed by atoms with van der Waals surface area (Å²) in [4.78, 5) is 13.7. The number of nitrogens with zero attached hydrogens (tertiary/aromatic N) is 3. The van der Waals surface area contributed by atoms with Crippen molar-refractivity contribution >= 4 is 28.0 Å². The van der Waals surface area contributed by atoms with Crippen molar-refractivity contribution in [2.24, 2.45) is 0 Å². The lowest BCUT2D eigenvalue weighted by molar-refractivity contribution is -0.698. The Balaban J connectivity index is 0.000000483. The number of rotatable bonds is 9. The molecular weight excluding hydrogens is 1090 g/mol. The van der Waals surface area contributed by atoms with Crippen LogP contribution in [-0.2, 0) is 56.0 Å². The van der Waals surface area contributed by atoms with Gasteiger partial charge in [-0.2, -0.15) is 132 Å². The first kappa shape index (κ1) is 58.7. The number of alkyl halides is 24. The highest BCUT2D eigenvalue weighted by Crippen LogP contribution is 2.41. The molecule has 0 bridgehead atoms. The lowest BCUT2D eigenvalue weighted by Crippen LogP contribution is -2.75. The summed E-state index contributed by atoms with van der Waals surface area (Å²) < 4.78 is 348. The summed E-state index contributed by atoms with van der Waals surface area (Å²) in [6, 6.07) is 0.957. The van der Waals surface area contributed by atoms with Crippen molar-refractivity contribution < 1.29 is 120 Å². The van der Waals surface area contributed by atoms with Gasteiger partial charge >= 0.3 is 62.0 Å². The van der Waals surface area contributed by atoms with Crippen molar-refractivity contribution in [1.82, 2.24) is 4.98 Å². The molecule has 0 saturated heterocycles. The van der Waals surface area contributed by atoms with Crippen molar-refractivity contribution in [2.75, 3.05) is 6.73 Å². The molecule has 75 heavy (non-hydrogen) atoms. The predicted octanol–water partition coefficient (Wildman–Crippen LogP) is 12.2. The third-order valence-electron chi connectivity index (χ3n) is 10.8. The van der Waals surface area contributed by atoms with E-state index >= 15 is 0 Å². The maximum absolute atomic E-state index is 14.2. The smallest absolute Gasteiger partial charge is 0.377 e. The normalized spacial score (nSPS) is 13.3. The first-order valence-electron chi connectivity index (χ1n) is 20.0. The summed E-state index contributed by atoms with van der Waals surface area (Å²) in [6.45, 7) is 0.0108. The molecule has 0 atom stereocenters. The highest BCUT2D eigenvalue weighted by Gasteiger charge is 2.47. The van der Waals surface area contributed by atoms with Crippen molar-refractivity contribution in [3.63, 3.8) is 0 Å². The van der Waals surface area contributed by atoms with E-state index in [1.54, 1.807) is 17.0 Å². The van der Waals surface area contributed by atoms with Gasteiger partial charge in [0.25, 0.3) is 0 Å². The molecule has 0 aliphatic carbocycles. The summed E-state index contributed by atoms with van der Waals surface area (Å²) >= 11 is 0. The molecule has 1 heterocycles. The number of halogens is 24. The van der Waals surface area contributed by atoms with Gasteiger partial charge in [-0.05, 0) is 24.3 Å². The second-order valence-electron chi connectivity index (χ2n) is 15.9. The lowest BCUT2D eigenvalue weighted by atomic mass is 9.12. The van der Waals surface area contributed by atoms with Gasteiger partial charge in [-0.25, -0.2) is 4.98 Å². The molecule has 0 spiro atoms. The summed E-state index contributed by atoms with van der Waals surface area (Å²) in [7, 11) is 0. The van der Waals surface area contributed by atoms with Gasteiger partial charge < -0.3 is 4.74 Å². The Labute approximate surface area is 402 Å². The van der Waals surface area contributed by atoms with Gasteiger partial charge in [-0.3, -0.25) is 10.1 Å². The second kappa shape index (κ2) is 20.5. The highest BCUT2D eigenvalue weighted by molar-refractivity contribution is 7.20. The van der Waals surface area contributed by atoms with Crippen LogP contribution in [0.1, 0.15) is 50.1 Å². The van der Waals surface area contributed by atoms with Gasteiger partial charge in [0.05, 0.1) is 55.6 Å². The molecule has 0 radical (unpaired) electrons. The Hall–Kier alpha value is -7.24. The van der Waals surface area contributed by atoms with E-state index in [2.05, 4.69) is 4.98 Å². The van der Waals surface area contributed by atoms with E-state index in [1.165, 1.54) is 6.20 Å². The number of hydrogen-bond acceptors (Lipinski definition) is 4. The molecule has 1 aromatic heterocycles. The van der Waals surface area contributed by atoms with E-state index in [9.17, 15) is 115 Å². The molecule has 31 heteroatoms. The third-order valence-corrected chi connectivity index (χ3v) is 10.8. The zero-order valence-corrected chi connectivity index (χ0v) is 36.2. The molecule has 0 fully saturated rings. The average Bonchev–Trinajstić information content (AvgIpc) is 3.27. The van der Waals surface area contributed by atoms with Crippen LogP contribution in [0.5, 0.6) is 5.88 Å². The quantitative estimate of drug-likeness (QED) is 0.0361. The minimum Gasteiger partial charge on any atom is -0.377 e. The van der Waals surface area contributed by atoms with Crippen LogP contribution in [0.3, 0.4) is 0 Å². The molecule has 0 amide bonds. The fourth-order valence-electron chi connectivity index (χ4n) is 7.59. The standard InChI is InChI=1S/C32H12BF24.C12H12N3O3/c34-25(35,36)13-1-14(26(37,38)39)6-21(5-13)33(22-7-15(27(40,41)42)2-16(8-22)28(43,44)45,23-9-17(29(46,47)48)3-18(10-23)30(49,50)51)24-11-19(31(52,53)54)4-20(12-24)32(55,56)57;16-15(17)10-18-12-8-13-6-7-14(12)9-11-4-2-1-3-5-11/h1-12H;1-8H,9-10H2/q-1;+1. The highest BCUT2D eigenvalue weighted by atomic mass is 19.4. The topological polar surface area (TPSA) is 69.1 Å². The van der Waals surface area contributed by atoms with Gasteiger partial charge in [0.2, 0.25) is 0 Å². The molecule has 0 N–H and O–H groups in total. The predicted molar refractivity (Wildman–Crippen MR) is 213 cm³/mol. The van der Waals surface area contributed by atoms with E-state index in [-0.39, 0.29) is 0 Å². The van der Waals surface area contributed by atoms with Crippen LogP contribution < -0.4 is 31.2 Å². The third kappa shape index (κ3) is 14.1. The molecular formula is C44H24BF24N3O3. The Bertz CT molecular complexity index is 2580. The van der Waals surface area contributed by atoms with Crippen LogP contribution in [0.2, 0.25) is 0 Å². The fourth-order valence-corrected chi connectivity index (χ4v) is 7.59. The zero-order chi connectivity index (χ0) is 56.7. The van der Waals surface area contributed by atoms with Gasteiger partial charge in [-0.1, -0.05) is 78.9 Å². The molecule has 404 valence electrons. The molecule has 0 unspecified atom stereocenters. The molecule has 5 aromatic carbocycles. The molecule has 0 aliphatic rings. The first-order chi connectivity index (χ1) is 34.0. The number of hydrogen-bond donors (Lipinski definition) is 0. The maximum atomic E-state index is 14.2. The van der Waals surface area contributed by atoms with E-state index in [0.717, 1.165) is 5.56 Å². The van der Waals surface area contributed by atoms with Crippen molar-refractivity contribution in [2.45, 2.75) is 56.0 Å². The summed E-state index contributed by atoms with van der Waals surface area (Å²) in [5, 5.41) is 10.3. The van der Waals surface area contributed by atoms with Crippen molar-refractivity contribution in [1.29, 1.82) is 0 Å². The van der Waals surface area contributed by atoms with Crippen LogP contribution >= 0.6 is 0 Å². The number of aromatic nitrogens is 2. The zero-order valence-electron chi connectivity index (χ0n) is 36.2. The van der Waals surface area contributed by atoms with Gasteiger partial charge in [0.1, 0.15) is 12.3 Å². The number of nitro groups is 1. The minimum absolute atomic E-state index is 0.373. The van der Waals surface area contributed by atoms with Crippen LogP contribution in [0.25, 0.3) is 0 Å². The van der Waals surface area contributed by atoms with Crippen molar-refractivity contribution in [3.05, 3.63) is 182 Å². The largest absolute Gasteiger partial charge is 0.416 e. The van der Waals surface area contributed by atoms with Crippen molar-refractivity contribution in [3.8, 4) is 5.88 Å². The molecule has 6 rings (SSSR count). The van der Waals surface area contributed by atoms with E-state index in [4.69, 9.17) is 4.74 Å². The van der Waals surface area contributed by atoms with Crippen LogP contribution in [0.15, 0.2) is 122 Å². The van der Waals surface area contributed by atoms with E-state index in [1.807, 2.05) is 30.3 Å². The van der Waals surface area contributed by atoms with E-state index < -0.39 is 206 Å². The summed E-state index contributed by atoms with van der Waals surface area (Å²) in [5.74, 6) is 0.373. The van der Waals surface area contributed by atoms with Crippen LogP contribution in [0, 0.1) is 10.1 Å². The fraction of sp³-hybridized carbons (Fsp3) is 0.227. The SMILES string of the molecule is FC(F)(F)c1cc([B-](c2cc(C(F)(F)F)cc(C(F)(F)F)c2)(c2cc(C(F)(F)F)cc(C(F)(F)F)c2)c2cc(C(F)(F)F)cc(C(F)(F)F)c2)cc(C(F)(F)F)c1.O=[N+]([O-])COc1cncc[n+]1Cc1ccccc1. The number of benzene rings is 5. The monoisotopic (exact) mass is 1110 g/mol. The number of ether oxygens (including phenoxy) is 1. The van der Waals surface area contributed by atoms with E-state index in [0.29, 0.717) is 12.4 Å². The Morgan fingerprint density at radius 3 is 0.947 bits per heavy atom. The van der Waals surface area contributed by atoms with Crippen LogP contribution in [0.4, 0.5) is 105 Å². The second-order valence-corrected chi connectivity index (χ2v) is 15.9. The van der Waals surface area contributed by atoms with Gasteiger partial charge in [0.15, 0.2) is 12.7 Å². The minimum atomic E-state index is -6.13. The van der Waals surface area contributed by atoms with Gasteiger partial charge in [0, 0.05) is 5.56 Å². The van der Waals surface area contributed by atoms with Crippen LogP contribution in [-0.4, -0.2) is 22.8 Å². The maximum Gasteiger partial charge on any atom is 0.416 e. The molecule has 0 saturated carbocycles. The molecule has 0 aliphatic heterocycles. The average molecular weight is 1110 g/mol. The first-order valence-corrected chi connectivity index (χ1v) is 20.0. The lowest BCUT2D eigenvalue weighted by Gasteiger charge is -2.46. The summed E-state index contributed by atoms with van der Waals surface area (Å²) in [5.41, 5.74) is -29.1.